The van der Waals surface area contributed by atoms with Crippen LogP contribution in [0.25, 0.3) is 83.1 Å². The fraction of sp³-hybridized carbons (Fsp3) is 0.0149. The maximum atomic E-state index is 2.50. The third kappa shape index (κ3) is 5.99. The van der Waals surface area contributed by atoms with Gasteiger partial charge in [-0.15, -0.1) is 0 Å². The molecule has 1 heterocycles. The van der Waals surface area contributed by atoms with E-state index in [1.165, 1.54) is 105 Å². The quantitative estimate of drug-likeness (QED) is 0.155. The molecule has 0 saturated heterocycles. The van der Waals surface area contributed by atoms with Gasteiger partial charge < -0.3 is 9.47 Å². The Balaban J connectivity index is 0.897. The van der Waals surface area contributed by atoms with Crippen molar-refractivity contribution in [1.82, 2.24) is 4.57 Å². The number of hydrogen-bond acceptors (Lipinski definition) is 1. The van der Waals surface area contributed by atoms with Gasteiger partial charge in [0.25, 0.3) is 0 Å². The Morgan fingerprint density at radius 2 is 0.667 bits per heavy atom. The average Bonchev–Trinajstić information content (AvgIpc) is 4.03. The summed E-state index contributed by atoms with van der Waals surface area (Å²) in [6.45, 7) is 0. The molecule has 0 aliphatic heterocycles. The summed E-state index contributed by atoms with van der Waals surface area (Å²) < 4.78 is 2.39. The molecule has 2 heteroatoms. The van der Waals surface area contributed by atoms with Crippen molar-refractivity contribution in [2.24, 2.45) is 0 Å². The Morgan fingerprint density at radius 3 is 1.29 bits per heavy atom. The molecule has 0 radical (unpaired) electrons. The zero-order chi connectivity index (χ0) is 45.5. The van der Waals surface area contributed by atoms with E-state index < -0.39 is 5.41 Å². The molecule has 0 fully saturated rings. The molecule has 14 rings (SSSR count). The molecule has 1 aromatic heterocycles. The van der Waals surface area contributed by atoms with E-state index in [1.54, 1.807) is 0 Å². The van der Waals surface area contributed by atoms with Crippen LogP contribution in [0.1, 0.15) is 22.3 Å². The Bertz CT molecular complexity index is 3880. The third-order valence-corrected chi connectivity index (χ3v) is 14.8. The molecule has 12 aromatic rings. The van der Waals surface area contributed by atoms with Gasteiger partial charge in [0.2, 0.25) is 0 Å². The van der Waals surface area contributed by atoms with Crippen LogP contribution in [0.3, 0.4) is 0 Å². The lowest BCUT2D eigenvalue weighted by atomic mass is 9.70. The number of para-hydroxylation sites is 3. The number of nitrogens with zero attached hydrogens (tertiary/aromatic N) is 2. The van der Waals surface area contributed by atoms with E-state index in [9.17, 15) is 0 Å². The van der Waals surface area contributed by atoms with Gasteiger partial charge in [0.05, 0.1) is 16.4 Å². The van der Waals surface area contributed by atoms with Crippen LogP contribution >= 0.6 is 0 Å². The zero-order valence-electron chi connectivity index (χ0n) is 37.8. The maximum Gasteiger partial charge on any atom is 0.0725 e. The van der Waals surface area contributed by atoms with Crippen LogP contribution in [0.5, 0.6) is 0 Å². The van der Waals surface area contributed by atoms with Gasteiger partial charge in [0.15, 0.2) is 0 Å². The molecule has 11 aromatic carbocycles. The number of fused-ring (bicyclic) bond motifs is 13. The van der Waals surface area contributed by atoms with Crippen molar-refractivity contribution in [1.29, 1.82) is 0 Å². The van der Waals surface area contributed by atoms with Crippen molar-refractivity contribution in [3.63, 3.8) is 0 Å². The van der Waals surface area contributed by atoms with E-state index in [-0.39, 0.29) is 0 Å². The number of rotatable bonds is 7. The van der Waals surface area contributed by atoms with Crippen LogP contribution < -0.4 is 4.90 Å². The minimum atomic E-state index is -0.493. The van der Waals surface area contributed by atoms with Gasteiger partial charge in [0, 0.05) is 33.5 Å². The van der Waals surface area contributed by atoms with Crippen molar-refractivity contribution in [3.05, 3.63) is 289 Å². The molecule has 0 unspecified atom stereocenters. The van der Waals surface area contributed by atoms with Crippen molar-refractivity contribution in [3.8, 4) is 61.3 Å². The molecule has 0 atom stereocenters. The van der Waals surface area contributed by atoms with Crippen LogP contribution in [-0.2, 0) is 5.41 Å². The van der Waals surface area contributed by atoms with Gasteiger partial charge in [-0.3, -0.25) is 0 Å². The van der Waals surface area contributed by atoms with E-state index >= 15 is 0 Å². The molecule has 1 spiro atoms. The van der Waals surface area contributed by atoms with E-state index in [0.29, 0.717) is 0 Å². The zero-order valence-corrected chi connectivity index (χ0v) is 37.8. The smallest absolute Gasteiger partial charge is 0.0725 e. The Morgan fingerprint density at radius 1 is 0.261 bits per heavy atom. The summed E-state index contributed by atoms with van der Waals surface area (Å²) in [5, 5.41) is 2.51. The highest BCUT2D eigenvalue weighted by Crippen LogP contribution is 2.63. The highest BCUT2D eigenvalue weighted by Gasteiger charge is 2.51. The minimum absolute atomic E-state index is 0.493. The summed E-state index contributed by atoms with van der Waals surface area (Å²) >= 11 is 0. The summed E-state index contributed by atoms with van der Waals surface area (Å²) in [6, 6.07) is 98.5. The van der Waals surface area contributed by atoms with Crippen molar-refractivity contribution >= 4 is 38.9 Å². The first kappa shape index (κ1) is 39.2. The highest BCUT2D eigenvalue weighted by atomic mass is 15.1. The van der Waals surface area contributed by atoms with Gasteiger partial charge in [-0.2, -0.15) is 0 Å². The lowest BCUT2D eigenvalue weighted by Gasteiger charge is -2.31. The van der Waals surface area contributed by atoms with Crippen LogP contribution in [0, 0.1) is 0 Å². The molecule has 0 N–H and O–H groups in total. The Labute approximate surface area is 402 Å². The Hall–Kier alpha value is -8.98. The van der Waals surface area contributed by atoms with Gasteiger partial charge in [-0.05, 0) is 157 Å². The summed E-state index contributed by atoms with van der Waals surface area (Å²) in [5.41, 5.74) is 24.2. The minimum Gasteiger partial charge on any atom is -0.311 e. The molecular weight excluding hydrogens is 833 g/mol. The van der Waals surface area contributed by atoms with Crippen molar-refractivity contribution < 1.29 is 0 Å². The number of aromatic nitrogens is 1. The summed E-state index contributed by atoms with van der Waals surface area (Å²) in [4.78, 5) is 2.34. The van der Waals surface area contributed by atoms with Crippen LogP contribution in [0.2, 0.25) is 0 Å². The summed E-state index contributed by atoms with van der Waals surface area (Å²) in [7, 11) is 0. The van der Waals surface area contributed by atoms with Gasteiger partial charge in [0.1, 0.15) is 0 Å². The topological polar surface area (TPSA) is 8.17 Å². The van der Waals surface area contributed by atoms with E-state index in [2.05, 4.69) is 276 Å². The molecule has 69 heavy (non-hydrogen) atoms. The van der Waals surface area contributed by atoms with E-state index in [0.717, 1.165) is 17.1 Å². The monoisotopic (exact) mass is 876 g/mol. The fourth-order valence-corrected chi connectivity index (χ4v) is 11.8. The fourth-order valence-electron chi connectivity index (χ4n) is 11.8. The molecule has 2 aliphatic rings. The SMILES string of the molecule is c1ccc(-c2ccc(N(c3ccccc3)c3ccc(-c4ccc5c(c4)C4(c6ccccc6-c6ccccc64)c4cc(-c6ccc7c(c6)c6ccccc6n7-c6ccccc6)ccc4-5)cc3)cc2)cc1. The predicted octanol–water partition coefficient (Wildman–Crippen LogP) is 17.6. The highest BCUT2D eigenvalue weighted by molar-refractivity contribution is 6.10. The van der Waals surface area contributed by atoms with Gasteiger partial charge in [-0.25, -0.2) is 0 Å². The molecule has 0 amide bonds. The second-order valence-electron chi connectivity index (χ2n) is 18.4. The summed E-state index contributed by atoms with van der Waals surface area (Å²) in [5.74, 6) is 0. The Kier molecular flexibility index (Phi) is 8.84. The first-order valence-corrected chi connectivity index (χ1v) is 23.9. The van der Waals surface area contributed by atoms with Crippen molar-refractivity contribution in [2.75, 3.05) is 4.90 Å². The second-order valence-corrected chi connectivity index (χ2v) is 18.4. The number of hydrogen-bond donors (Lipinski definition) is 0. The van der Waals surface area contributed by atoms with Crippen molar-refractivity contribution in [2.45, 2.75) is 5.41 Å². The molecule has 322 valence electrons. The third-order valence-electron chi connectivity index (χ3n) is 14.8. The van der Waals surface area contributed by atoms with Crippen LogP contribution in [0.15, 0.2) is 267 Å². The largest absolute Gasteiger partial charge is 0.311 e. The average molecular weight is 877 g/mol. The van der Waals surface area contributed by atoms with E-state index in [1.807, 2.05) is 0 Å². The van der Waals surface area contributed by atoms with E-state index in [4.69, 9.17) is 0 Å². The molecule has 0 bridgehead atoms. The lowest BCUT2D eigenvalue weighted by Crippen LogP contribution is -2.26. The normalized spacial score (nSPS) is 12.8. The van der Waals surface area contributed by atoms with Gasteiger partial charge >= 0.3 is 0 Å². The molecule has 2 nitrogen and oxygen atoms in total. The van der Waals surface area contributed by atoms with Crippen LogP contribution in [0.4, 0.5) is 17.1 Å². The lowest BCUT2D eigenvalue weighted by molar-refractivity contribution is 0.794. The van der Waals surface area contributed by atoms with Gasteiger partial charge in [-0.1, -0.05) is 188 Å². The number of benzene rings is 11. The molecule has 0 saturated carbocycles. The first-order valence-electron chi connectivity index (χ1n) is 23.9. The first-order chi connectivity index (χ1) is 34.2. The molecule has 2 aliphatic carbocycles. The summed E-state index contributed by atoms with van der Waals surface area (Å²) in [6.07, 6.45) is 0. The number of anilines is 3. The van der Waals surface area contributed by atoms with Crippen LogP contribution in [-0.4, -0.2) is 4.57 Å². The predicted molar refractivity (Wildman–Crippen MR) is 288 cm³/mol. The standard InChI is InChI=1S/C67H44N2/c1-4-16-45(17-5-1)46-28-35-53(36-29-46)68(51-18-6-2-7-19-51)54-37-30-47(31-38-54)49-32-39-57-58-40-33-50(44-64(58)67(63(57)43-49)61-25-13-10-22-55(61)56-23-11-14-26-62(56)67)48-34-41-66-60(42-48)59-24-12-15-27-65(59)69(66)52-20-8-3-9-21-52/h1-44H. The second kappa shape index (κ2) is 15.6. The maximum absolute atomic E-state index is 2.50. The molecular formula is C67H44N2.